The van der Waals surface area contributed by atoms with E-state index in [1.54, 1.807) is 13.8 Å². The fraction of sp³-hybridized carbons (Fsp3) is 0.385. The number of fused-ring (bicyclic) bond motifs is 1. The third-order valence-corrected chi connectivity index (χ3v) is 3.66. The van der Waals surface area contributed by atoms with E-state index in [4.69, 9.17) is 4.74 Å². The van der Waals surface area contributed by atoms with E-state index in [-0.39, 0.29) is 12.1 Å². The van der Waals surface area contributed by atoms with Crippen molar-refractivity contribution in [3.8, 4) is 0 Å². The van der Waals surface area contributed by atoms with Gasteiger partial charge in [-0.3, -0.25) is 0 Å². The molecule has 8 heteroatoms. The van der Waals surface area contributed by atoms with Gasteiger partial charge < -0.3 is 10.1 Å². The largest absolute Gasteiger partial charge is 0.464 e. The van der Waals surface area contributed by atoms with Gasteiger partial charge in [0.1, 0.15) is 6.04 Å². The molecule has 0 bridgehead atoms. The highest BCUT2D eigenvalue weighted by molar-refractivity contribution is 7.22. The second kappa shape index (κ2) is 5.88. The Hall–Kier alpha value is -1.83. The number of hydrogen-bond acceptors (Lipinski definition) is 5. The summed E-state index contributed by atoms with van der Waals surface area (Å²) in [5.41, 5.74) is -0.501. The van der Waals surface area contributed by atoms with Crippen LogP contribution >= 0.6 is 11.3 Å². The topological polar surface area (TPSA) is 51.2 Å². The fourth-order valence-electron chi connectivity index (χ4n) is 1.68. The Morgan fingerprint density at radius 3 is 2.81 bits per heavy atom. The minimum atomic E-state index is -4.40. The number of ether oxygens (including phenoxy) is 1. The number of esters is 1. The average Bonchev–Trinajstić information content (AvgIpc) is 2.78. The van der Waals surface area contributed by atoms with Crippen LogP contribution < -0.4 is 5.32 Å². The molecule has 4 nitrogen and oxygen atoms in total. The van der Waals surface area contributed by atoms with Crippen molar-refractivity contribution >= 4 is 32.7 Å². The van der Waals surface area contributed by atoms with E-state index in [1.807, 2.05) is 0 Å². The summed E-state index contributed by atoms with van der Waals surface area (Å²) in [7, 11) is 0. The smallest absolute Gasteiger partial charge is 0.416 e. The van der Waals surface area contributed by atoms with Gasteiger partial charge in [-0.2, -0.15) is 13.2 Å². The Labute approximate surface area is 122 Å². The van der Waals surface area contributed by atoms with Crippen LogP contribution in [0, 0.1) is 0 Å². The first-order valence-corrected chi connectivity index (χ1v) is 7.04. The number of halogens is 3. The van der Waals surface area contributed by atoms with Crippen LogP contribution in [0.5, 0.6) is 0 Å². The maximum Gasteiger partial charge on any atom is 0.416 e. The number of hydrogen-bond donors (Lipinski definition) is 1. The number of carbonyl (C=O) groups is 1. The molecule has 0 radical (unpaired) electrons. The zero-order valence-corrected chi connectivity index (χ0v) is 12.1. The lowest BCUT2D eigenvalue weighted by Gasteiger charge is -2.10. The van der Waals surface area contributed by atoms with Gasteiger partial charge in [-0.1, -0.05) is 11.3 Å². The SMILES string of the molecule is CCOC(=O)C(C)Nc1nc2cc(C(F)(F)F)ccc2s1. The molecule has 0 fully saturated rings. The molecule has 21 heavy (non-hydrogen) atoms. The number of thiazole rings is 1. The van der Waals surface area contributed by atoms with Crippen LogP contribution in [0.25, 0.3) is 10.2 Å². The molecule has 0 saturated heterocycles. The van der Waals surface area contributed by atoms with Gasteiger partial charge in [-0.15, -0.1) is 0 Å². The maximum absolute atomic E-state index is 12.6. The fourth-order valence-corrected chi connectivity index (χ4v) is 2.61. The van der Waals surface area contributed by atoms with Crippen molar-refractivity contribution in [3.63, 3.8) is 0 Å². The van der Waals surface area contributed by atoms with Gasteiger partial charge in [0.2, 0.25) is 0 Å². The molecular weight excluding hydrogens is 305 g/mol. The van der Waals surface area contributed by atoms with E-state index in [0.29, 0.717) is 9.83 Å². The van der Waals surface area contributed by atoms with Gasteiger partial charge in [0.25, 0.3) is 0 Å². The quantitative estimate of drug-likeness (QED) is 0.874. The number of nitrogens with zero attached hydrogens (tertiary/aromatic N) is 1. The summed E-state index contributed by atoms with van der Waals surface area (Å²) in [5.74, 6) is -0.437. The van der Waals surface area contributed by atoms with E-state index < -0.39 is 23.8 Å². The highest BCUT2D eigenvalue weighted by Gasteiger charge is 2.30. The van der Waals surface area contributed by atoms with E-state index in [9.17, 15) is 18.0 Å². The third-order valence-electron chi connectivity index (χ3n) is 2.70. The molecule has 2 rings (SSSR count). The summed E-state index contributed by atoms with van der Waals surface area (Å²) in [4.78, 5) is 15.6. The summed E-state index contributed by atoms with van der Waals surface area (Å²) in [6, 6.07) is 2.76. The summed E-state index contributed by atoms with van der Waals surface area (Å²) in [5, 5.41) is 3.21. The average molecular weight is 318 g/mol. The molecule has 1 unspecified atom stereocenters. The summed E-state index contributed by atoms with van der Waals surface area (Å²) in [6.07, 6.45) is -4.40. The lowest BCUT2D eigenvalue weighted by molar-refractivity contribution is -0.143. The van der Waals surface area contributed by atoms with Crippen LogP contribution in [0.2, 0.25) is 0 Å². The molecular formula is C13H13F3N2O2S. The zero-order valence-electron chi connectivity index (χ0n) is 11.3. The molecule has 1 atom stereocenters. The van der Waals surface area contributed by atoms with E-state index in [1.165, 1.54) is 17.4 Å². The van der Waals surface area contributed by atoms with Crippen molar-refractivity contribution in [2.45, 2.75) is 26.1 Å². The monoisotopic (exact) mass is 318 g/mol. The van der Waals surface area contributed by atoms with Crippen molar-refractivity contribution in [3.05, 3.63) is 23.8 Å². The van der Waals surface area contributed by atoms with Gasteiger partial charge >= 0.3 is 12.1 Å². The summed E-state index contributed by atoms with van der Waals surface area (Å²) >= 11 is 1.18. The Balaban J connectivity index is 2.21. The van der Waals surface area contributed by atoms with E-state index in [0.717, 1.165) is 12.1 Å². The highest BCUT2D eigenvalue weighted by Crippen LogP contribution is 2.34. The molecule has 0 saturated carbocycles. The Kier molecular flexibility index (Phi) is 4.36. The number of aromatic nitrogens is 1. The minimum absolute atomic E-state index is 0.244. The molecule has 0 aliphatic rings. The normalized spacial score (nSPS) is 13.2. The Morgan fingerprint density at radius 1 is 1.48 bits per heavy atom. The van der Waals surface area contributed by atoms with Gasteiger partial charge in [-0.25, -0.2) is 9.78 Å². The molecule has 2 aromatic rings. The molecule has 0 aliphatic heterocycles. The Bertz CT molecular complexity index is 654. The second-order valence-electron chi connectivity index (χ2n) is 4.32. The number of anilines is 1. The zero-order chi connectivity index (χ0) is 15.6. The summed E-state index contributed by atoms with van der Waals surface area (Å²) < 4.78 is 43.3. The van der Waals surface area contributed by atoms with Gasteiger partial charge in [0.15, 0.2) is 5.13 Å². The summed E-state index contributed by atoms with van der Waals surface area (Å²) in [6.45, 7) is 3.56. The maximum atomic E-state index is 12.6. The van der Waals surface area contributed by atoms with E-state index >= 15 is 0 Å². The molecule has 1 heterocycles. The molecule has 114 valence electrons. The number of carbonyl (C=O) groups excluding carboxylic acids is 1. The molecule has 1 aromatic carbocycles. The van der Waals surface area contributed by atoms with Crippen LogP contribution in [-0.2, 0) is 15.7 Å². The van der Waals surface area contributed by atoms with Crippen LogP contribution in [0.4, 0.5) is 18.3 Å². The number of nitrogens with one attached hydrogen (secondary N) is 1. The molecule has 1 N–H and O–H groups in total. The lowest BCUT2D eigenvalue weighted by Crippen LogP contribution is -2.28. The predicted molar refractivity (Wildman–Crippen MR) is 74.3 cm³/mol. The van der Waals surface area contributed by atoms with E-state index in [2.05, 4.69) is 10.3 Å². The predicted octanol–water partition coefficient (Wildman–Crippen LogP) is 3.68. The first-order valence-electron chi connectivity index (χ1n) is 6.22. The molecule has 0 spiro atoms. The van der Waals surface area contributed by atoms with Crippen LogP contribution in [0.15, 0.2) is 18.2 Å². The minimum Gasteiger partial charge on any atom is -0.464 e. The molecule has 1 aromatic heterocycles. The first-order chi connectivity index (χ1) is 9.81. The number of alkyl halides is 3. The van der Waals surface area contributed by atoms with Crippen LogP contribution in [0.3, 0.4) is 0 Å². The van der Waals surface area contributed by atoms with Gasteiger partial charge in [-0.05, 0) is 32.0 Å². The van der Waals surface area contributed by atoms with Crippen molar-refractivity contribution < 1.29 is 22.7 Å². The van der Waals surface area contributed by atoms with Crippen LogP contribution in [0.1, 0.15) is 19.4 Å². The standard InChI is InChI=1S/C13H13F3N2O2S/c1-3-20-11(19)7(2)17-12-18-9-6-8(13(14,15)16)4-5-10(9)21-12/h4-7H,3H2,1-2H3,(H,17,18). The number of benzene rings is 1. The highest BCUT2D eigenvalue weighted by atomic mass is 32.1. The molecule has 0 amide bonds. The number of rotatable bonds is 4. The lowest BCUT2D eigenvalue weighted by atomic mass is 10.2. The van der Waals surface area contributed by atoms with Crippen molar-refractivity contribution in [1.29, 1.82) is 0 Å². The van der Waals surface area contributed by atoms with Crippen molar-refractivity contribution in [1.82, 2.24) is 4.98 Å². The van der Waals surface area contributed by atoms with Gasteiger partial charge in [0, 0.05) is 0 Å². The van der Waals surface area contributed by atoms with Crippen molar-refractivity contribution in [2.75, 3.05) is 11.9 Å². The van der Waals surface area contributed by atoms with Crippen molar-refractivity contribution in [2.24, 2.45) is 0 Å². The third kappa shape index (κ3) is 3.63. The van der Waals surface area contributed by atoms with Gasteiger partial charge in [0.05, 0.1) is 22.4 Å². The van der Waals surface area contributed by atoms with Crippen LogP contribution in [-0.4, -0.2) is 23.6 Å². The molecule has 0 aliphatic carbocycles. The second-order valence-corrected chi connectivity index (χ2v) is 5.35. The Morgan fingerprint density at radius 2 is 2.19 bits per heavy atom. The first kappa shape index (κ1) is 15.6.